The van der Waals surface area contributed by atoms with Crippen molar-refractivity contribution in [2.24, 2.45) is 0 Å². The van der Waals surface area contributed by atoms with Crippen LogP contribution in [0.5, 0.6) is 0 Å². The van der Waals surface area contributed by atoms with E-state index in [1.165, 1.54) is 19.3 Å². The fraction of sp³-hybridized carbons (Fsp3) is 0.800. The summed E-state index contributed by atoms with van der Waals surface area (Å²) in [4.78, 5) is 30.2. The topological polar surface area (TPSA) is 86.6 Å². The first-order valence-electron chi connectivity index (χ1n) is 11.0. The number of urea groups is 2. The Labute approximate surface area is 172 Å². The molecule has 0 spiro atoms. The van der Waals surface area contributed by atoms with Crippen molar-refractivity contribution in [1.82, 2.24) is 34.8 Å². The zero-order valence-corrected chi connectivity index (χ0v) is 17.6. The van der Waals surface area contributed by atoms with Gasteiger partial charge in [-0.15, -0.1) is 10.2 Å². The molecule has 160 valence electrons. The maximum Gasteiger partial charge on any atom is 0.319 e. The predicted molar refractivity (Wildman–Crippen MR) is 108 cm³/mol. The molecule has 4 amide bonds. The van der Waals surface area contributed by atoms with Gasteiger partial charge in [0.05, 0.1) is 6.54 Å². The van der Waals surface area contributed by atoms with Crippen molar-refractivity contribution in [2.45, 2.75) is 70.0 Å². The minimum Gasteiger partial charge on any atom is -0.335 e. The highest BCUT2D eigenvalue weighted by atomic mass is 16.2. The van der Waals surface area contributed by atoms with Gasteiger partial charge in [0.1, 0.15) is 5.82 Å². The molecule has 0 bridgehead atoms. The van der Waals surface area contributed by atoms with Crippen LogP contribution in [0.4, 0.5) is 9.59 Å². The molecule has 1 aromatic heterocycles. The largest absolute Gasteiger partial charge is 0.335 e. The van der Waals surface area contributed by atoms with E-state index in [1.807, 2.05) is 9.80 Å². The van der Waals surface area contributed by atoms with Crippen molar-refractivity contribution in [3.05, 3.63) is 11.6 Å². The summed E-state index contributed by atoms with van der Waals surface area (Å²) in [6, 6.07) is 0.427. The Morgan fingerprint density at radius 2 is 1.66 bits per heavy atom. The second-order valence-corrected chi connectivity index (χ2v) is 8.77. The average molecular weight is 404 g/mol. The summed E-state index contributed by atoms with van der Waals surface area (Å²) in [5.41, 5.74) is 0. The predicted octanol–water partition coefficient (Wildman–Crippen LogP) is 2.00. The van der Waals surface area contributed by atoms with Crippen molar-refractivity contribution < 1.29 is 9.59 Å². The lowest BCUT2D eigenvalue weighted by molar-refractivity contribution is 0.154. The lowest BCUT2D eigenvalue weighted by atomic mass is 9.95. The fourth-order valence-electron chi connectivity index (χ4n) is 4.78. The molecule has 1 aromatic rings. The van der Waals surface area contributed by atoms with E-state index in [-0.39, 0.29) is 12.1 Å². The Kier molecular flexibility index (Phi) is 5.91. The van der Waals surface area contributed by atoms with Gasteiger partial charge in [-0.2, -0.15) is 0 Å². The number of aromatic nitrogens is 3. The second-order valence-electron chi connectivity index (χ2n) is 8.77. The van der Waals surface area contributed by atoms with Gasteiger partial charge < -0.3 is 24.6 Å². The highest BCUT2D eigenvalue weighted by molar-refractivity contribution is 5.74. The summed E-state index contributed by atoms with van der Waals surface area (Å²) in [5.74, 6) is 2.21. The van der Waals surface area contributed by atoms with Gasteiger partial charge >= 0.3 is 12.1 Å². The first kappa shape index (κ1) is 20.0. The molecular weight excluding hydrogens is 370 g/mol. The van der Waals surface area contributed by atoms with Gasteiger partial charge in [-0.05, 0) is 25.7 Å². The van der Waals surface area contributed by atoms with E-state index in [4.69, 9.17) is 0 Å². The lowest BCUT2D eigenvalue weighted by Crippen LogP contribution is -2.48. The quantitative estimate of drug-likeness (QED) is 0.818. The fourth-order valence-corrected chi connectivity index (χ4v) is 4.78. The molecule has 0 atom stereocenters. The first-order chi connectivity index (χ1) is 14.0. The minimum atomic E-state index is 0.0307. The normalized spacial score (nSPS) is 21.0. The van der Waals surface area contributed by atoms with Crippen LogP contribution in [0, 0.1) is 0 Å². The van der Waals surface area contributed by atoms with Crippen LogP contribution in [0.3, 0.4) is 0 Å². The van der Waals surface area contributed by atoms with Crippen molar-refractivity contribution >= 4 is 12.1 Å². The van der Waals surface area contributed by atoms with Crippen molar-refractivity contribution in [2.75, 3.05) is 33.7 Å². The summed E-state index contributed by atoms with van der Waals surface area (Å²) in [6.45, 7) is 3.45. The summed E-state index contributed by atoms with van der Waals surface area (Å²) in [7, 11) is 3.58. The number of piperidine rings is 1. The number of amides is 4. The molecule has 1 aliphatic carbocycles. The summed E-state index contributed by atoms with van der Waals surface area (Å²) in [5, 5.41) is 12.1. The Balaban J connectivity index is 1.34. The average Bonchev–Trinajstić information content (AvgIpc) is 3.17. The molecule has 9 nitrogen and oxygen atoms in total. The molecule has 0 radical (unpaired) electrons. The molecule has 4 rings (SSSR count). The molecule has 9 heteroatoms. The molecule has 3 heterocycles. The number of rotatable bonds is 2. The zero-order valence-electron chi connectivity index (χ0n) is 17.6. The van der Waals surface area contributed by atoms with Crippen LogP contribution in [0.15, 0.2) is 0 Å². The molecule has 0 unspecified atom stereocenters. The molecule has 2 aliphatic heterocycles. The van der Waals surface area contributed by atoms with Crippen molar-refractivity contribution in [3.63, 3.8) is 0 Å². The van der Waals surface area contributed by atoms with Gasteiger partial charge in [-0.25, -0.2) is 9.59 Å². The van der Waals surface area contributed by atoms with Gasteiger partial charge in [0.15, 0.2) is 5.82 Å². The molecular formula is C20H33N7O2. The third-order valence-corrected chi connectivity index (χ3v) is 6.51. The monoisotopic (exact) mass is 403 g/mol. The third-order valence-electron chi connectivity index (χ3n) is 6.51. The number of nitrogens with zero attached hydrogens (tertiary/aromatic N) is 6. The molecule has 3 aliphatic rings. The Morgan fingerprint density at radius 3 is 2.34 bits per heavy atom. The van der Waals surface area contributed by atoms with Crippen LogP contribution < -0.4 is 5.32 Å². The van der Waals surface area contributed by atoms with Crippen LogP contribution >= 0.6 is 0 Å². The van der Waals surface area contributed by atoms with Gasteiger partial charge in [0, 0.05) is 52.2 Å². The van der Waals surface area contributed by atoms with Crippen LogP contribution in [-0.4, -0.2) is 81.3 Å². The molecule has 1 saturated heterocycles. The van der Waals surface area contributed by atoms with Crippen LogP contribution in [0.25, 0.3) is 0 Å². The molecule has 1 saturated carbocycles. The number of fused-ring (bicyclic) bond motifs is 1. The molecule has 29 heavy (non-hydrogen) atoms. The highest BCUT2D eigenvalue weighted by Crippen LogP contribution is 2.29. The minimum absolute atomic E-state index is 0.0307. The van der Waals surface area contributed by atoms with E-state index in [2.05, 4.69) is 20.1 Å². The third kappa shape index (κ3) is 4.33. The van der Waals surface area contributed by atoms with Crippen molar-refractivity contribution in [1.29, 1.82) is 0 Å². The van der Waals surface area contributed by atoms with Gasteiger partial charge in [-0.3, -0.25) is 0 Å². The summed E-state index contributed by atoms with van der Waals surface area (Å²) < 4.78 is 2.19. The number of hydrogen-bond donors (Lipinski definition) is 1. The number of likely N-dealkylation sites (tertiary alicyclic amines) is 1. The molecule has 0 aromatic carbocycles. The summed E-state index contributed by atoms with van der Waals surface area (Å²) >= 11 is 0. The summed E-state index contributed by atoms with van der Waals surface area (Å²) in [6.07, 6.45) is 7.70. The zero-order chi connectivity index (χ0) is 20.4. The van der Waals surface area contributed by atoms with Crippen LogP contribution in [0.1, 0.15) is 62.5 Å². The standard InChI is InChI=1S/C20H33N7O2/c1-24(2)20(29)25-10-8-15(9-11-25)18-23-22-17-14-26(12-13-27(17)18)19(28)21-16-6-4-3-5-7-16/h15-16H,3-14H2,1-2H3,(H,21,28). The van der Waals surface area contributed by atoms with E-state index >= 15 is 0 Å². The highest BCUT2D eigenvalue weighted by Gasteiger charge is 2.31. The van der Waals surface area contributed by atoms with Gasteiger partial charge in [0.2, 0.25) is 0 Å². The smallest absolute Gasteiger partial charge is 0.319 e. The number of nitrogens with one attached hydrogen (secondary N) is 1. The van der Waals surface area contributed by atoms with Gasteiger partial charge in [-0.1, -0.05) is 19.3 Å². The SMILES string of the molecule is CN(C)C(=O)N1CCC(c2nnc3n2CCN(C(=O)NC2CCCCC2)C3)CC1. The first-order valence-corrected chi connectivity index (χ1v) is 11.0. The van der Waals surface area contributed by atoms with Gasteiger partial charge in [0.25, 0.3) is 0 Å². The van der Waals surface area contributed by atoms with Crippen molar-refractivity contribution in [3.8, 4) is 0 Å². The Morgan fingerprint density at radius 1 is 0.931 bits per heavy atom. The molecule has 1 N–H and O–H groups in total. The maximum atomic E-state index is 12.7. The second kappa shape index (κ2) is 8.59. The number of hydrogen-bond acceptors (Lipinski definition) is 4. The number of carbonyl (C=O) groups is 2. The maximum absolute atomic E-state index is 12.7. The Bertz CT molecular complexity index is 733. The van der Waals surface area contributed by atoms with E-state index in [0.29, 0.717) is 25.0 Å². The number of carbonyl (C=O) groups excluding carboxylic acids is 2. The van der Waals surface area contributed by atoms with E-state index in [1.54, 1.807) is 19.0 Å². The van der Waals surface area contributed by atoms with Crippen LogP contribution in [0.2, 0.25) is 0 Å². The van der Waals surface area contributed by atoms with E-state index in [0.717, 1.165) is 57.0 Å². The Hall–Kier alpha value is -2.32. The van der Waals surface area contributed by atoms with E-state index in [9.17, 15) is 9.59 Å². The lowest BCUT2D eigenvalue weighted by Gasteiger charge is -2.34. The van der Waals surface area contributed by atoms with E-state index < -0.39 is 0 Å². The molecule has 2 fully saturated rings. The van der Waals surface area contributed by atoms with Crippen LogP contribution in [-0.2, 0) is 13.1 Å².